The fraction of sp³-hybridized carbons (Fsp3) is 0.385. The number of hydrogen-bond donors (Lipinski definition) is 0. The Morgan fingerprint density at radius 3 is 2.60 bits per heavy atom. The van der Waals surface area contributed by atoms with E-state index >= 15 is 0 Å². The first kappa shape index (κ1) is 11.6. The maximum absolute atomic E-state index is 11.3. The molecule has 2 nitrogen and oxygen atoms in total. The largest absolute Gasteiger partial charge is 0.295 e. The van der Waals surface area contributed by atoms with Crippen LogP contribution in [0.4, 0.5) is 0 Å². The minimum absolute atomic E-state index is 0.104. The summed E-state index contributed by atoms with van der Waals surface area (Å²) in [7, 11) is 0. The normalized spacial score (nSPS) is 11.3. The van der Waals surface area contributed by atoms with Gasteiger partial charge in [0.2, 0.25) is 0 Å². The lowest BCUT2D eigenvalue weighted by molar-refractivity contribution is 0.101. The molecule has 1 rings (SSSR count). The van der Waals surface area contributed by atoms with Crippen molar-refractivity contribution in [1.82, 2.24) is 0 Å². The Hall–Kier alpha value is -1.44. The van der Waals surface area contributed by atoms with Crippen molar-refractivity contribution in [3.05, 3.63) is 34.9 Å². The van der Waals surface area contributed by atoms with Crippen LogP contribution in [0.25, 0.3) is 0 Å². The minimum atomic E-state index is 0.104. The van der Waals surface area contributed by atoms with Crippen LogP contribution in [0.2, 0.25) is 0 Å². The Labute approximate surface area is 91.0 Å². The van der Waals surface area contributed by atoms with Crippen LogP contribution in [0.3, 0.4) is 0 Å². The molecule has 0 heterocycles. The predicted octanol–water partition coefficient (Wildman–Crippen LogP) is 3.02. The van der Waals surface area contributed by atoms with E-state index in [4.69, 9.17) is 0 Å². The van der Waals surface area contributed by atoms with Crippen LogP contribution >= 0.6 is 0 Å². The smallest absolute Gasteiger partial charge is 0.160 e. The molecule has 0 saturated heterocycles. The van der Waals surface area contributed by atoms with E-state index in [-0.39, 0.29) is 11.8 Å². The molecule has 1 aromatic carbocycles. The van der Waals surface area contributed by atoms with Gasteiger partial charge in [-0.25, -0.2) is 0 Å². The Kier molecular flexibility index (Phi) is 3.78. The van der Waals surface area contributed by atoms with Crippen molar-refractivity contribution in [2.45, 2.75) is 33.7 Å². The molecule has 0 saturated carbocycles. The van der Waals surface area contributed by atoms with Crippen molar-refractivity contribution in [3.8, 4) is 0 Å². The van der Waals surface area contributed by atoms with Crippen molar-refractivity contribution < 1.29 is 4.79 Å². The zero-order chi connectivity index (χ0) is 11.4. The highest BCUT2D eigenvalue weighted by atomic mass is 16.1. The van der Waals surface area contributed by atoms with Gasteiger partial charge in [0.25, 0.3) is 0 Å². The summed E-state index contributed by atoms with van der Waals surface area (Å²) in [6.45, 7) is 7.60. The molecule has 15 heavy (non-hydrogen) atoms. The van der Waals surface area contributed by atoms with Crippen LogP contribution in [-0.2, 0) is 0 Å². The molecule has 1 aromatic rings. The molecule has 0 bridgehead atoms. The van der Waals surface area contributed by atoms with E-state index in [9.17, 15) is 4.79 Å². The molecule has 0 radical (unpaired) electrons. The van der Waals surface area contributed by atoms with Gasteiger partial charge in [0.05, 0.1) is 0 Å². The van der Waals surface area contributed by atoms with Crippen LogP contribution in [0.1, 0.15) is 42.3 Å². The van der Waals surface area contributed by atoms with Gasteiger partial charge in [-0.3, -0.25) is 9.79 Å². The molecule has 0 N–H and O–H groups in total. The van der Waals surface area contributed by atoms with E-state index in [0.717, 1.165) is 16.7 Å². The summed E-state index contributed by atoms with van der Waals surface area (Å²) in [5.74, 6) is 0.104. The van der Waals surface area contributed by atoms with Crippen LogP contribution in [0.15, 0.2) is 23.2 Å². The fourth-order valence-electron chi connectivity index (χ4n) is 1.40. The van der Waals surface area contributed by atoms with Gasteiger partial charge in [-0.15, -0.1) is 0 Å². The zero-order valence-electron chi connectivity index (χ0n) is 9.74. The van der Waals surface area contributed by atoms with Gasteiger partial charge in [-0.05, 0) is 38.8 Å². The highest BCUT2D eigenvalue weighted by Crippen LogP contribution is 2.12. The molecule has 2 heteroatoms. The fourth-order valence-corrected chi connectivity index (χ4v) is 1.40. The highest BCUT2D eigenvalue weighted by Gasteiger charge is 2.05. The topological polar surface area (TPSA) is 29.4 Å². The second kappa shape index (κ2) is 4.87. The number of Topliss-reactive ketones (excluding diaryl/α,β-unsaturated/α-hetero) is 1. The van der Waals surface area contributed by atoms with Crippen LogP contribution in [0, 0.1) is 6.92 Å². The molecule has 0 aromatic heterocycles. The summed E-state index contributed by atoms with van der Waals surface area (Å²) in [6.07, 6.45) is 1.84. The molecule has 0 spiro atoms. The number of carbonyl (C=O) groups excluding carboxylic acids is 1. The van der Waals surface area contributed by atoms with E-state index in [2.05, 4.69) is 4.99 Å². The zero-order valence-corrected chi connectivity index (χ0v) is 9.74. The highest BCUT2D eigenvalue weighted by molar-refractivity contribution is 5.98. The van der Waals surface area contributed by atoms with Gasteiger partial charge in [-0.1, -0.05) is 18.2 Å². The Morgan fingerprint density at radius 2 is 2.07 bits per heavy atom. The number of rotatable bonds is 3. The third-order valence-corrected chi connectivity index (χ3v) is 2.27. The SMILES string of the molecule is CC(=O)c1cccc(C=NC(C)C)c1C. The van der Waals surface area contributed by atoms with E-state index < -0.39 is 0 Å². The quantitative estimate of drug-likeness (QED) is 0.548. The summed E-state index contributed by atoms with van der Waals surface area (Å²) in [4.78, 5) is 15.6. The number of carbonyl (C=O) groups is 1. The van der Waals surface area contributed by atoms with E-state index in [1.54, 1.807) is 6.92 Å². The van der Waals surface area contributed by atoms with Crippen molar-refractivity contribution in [2.24, 2.45) is 4.99 Å². The van der Waals surface area contributed by atoms with E-state index in [1.807, 2.05) is 45.2 Å². The molecule has 0 aliphatic rings. The van der Waals surface area contributed by atoms with Gasteiger partial charge in [0.15, 0.2) is 5.78 Å². The lowest BCUT2D eigenvalue weighted by Gasteiger charge is -2.05. The molecule has 0 amide bonds. The lowest BCUT2D eigenvalue weighted by atomic mass is 10.0. The number of hydrogen-bond acceptors (Lipinski definition) is 2. The monoisotopic (exact) mass is 203 g/mol. The van der Waals surface area contributed by atoms with Gasteiger partial charge < -0.3 is 0 Å². The van der Waals surface area contributed by atoms with Gasteiger partial charge >= 0.3 is 0 Å². The van der Waals surface area contributed by atoms with Crippen molar-refractivity contribution >= 4 is 12.0 Å². The van der Waals surface area contributed by atoms with Crippen LogP contribution in [0.5, 0.6) is 0 Å². The number of aliphatic imine (C=N–C) groups is 1. The van der Waals surface area contributed by atoms with E-state index in [1.165, 1.54) is 0 Å². The van der Waals surface area contributed by atoms with Gasteiger partial charge in [0, 0.05) is 17.8 Å². The summed E-state index contributed by atoms with van der Waals surface area (Å²) >= 11 is 0. The Bertz CT molecular complexity index is 392. The third-order valence-electron chi connectivity index (χ3n) is 2.27. The number of benzene rings is 1. The van der Waals surface area contributed by atoms with E-state index in [0.29, 0.717) is 0 Å². The predicted molar refractivity (Wildman–Crippen MR) is 63.9 cm³/mol. The second-order valence-electron chi connectivity index (χ2n) is 3.95. The molecular weight excluding hydrogens is 186 g/mol. The first-order valence-corrected chi connectivity index (χ1v) is 5.16. The Morgan fingerprint density at radius 1 is 1.40 bits per heavy atom. The summed E-state index contributed by atoms with van der Waals surface area (Å²) in [5, 5.41) is 0. The van der Waals surface area contributed by atoms with Crippen molar-refractivity contribution in [2.75, 3.05) is 0 Å². The molecular formula is C13H17NO. The molecule has 0 fully saturated rings. The van der Waals surface area contributed by atoms with Crippen molar-refractivity contribution in [1.29, 1.82) is 0 Å². The maximum atomic E-state index is 11.3. The summed E-state index contributed by atoms with van der Waals surface area (Å²) in [5.41, 5.74) is 2.81. The molecule has 0 aliphatic carbocycles. The lowest BCUT2D eigenvalue weighted by Crippen LogP contribution is -2.00. The Balaban J connectivity index is 3.10. The molecule has 0 unspecified atom stereocenters. The molecule has 0 atom stereocenters. The van der Waals surface area contributed by atoms with Crippen LogP contribution in [-0.4, -0.2) is 18.0 Å². The summed E-state index contributed by atoms with van der Waals surface area (Å²) in [6, 6.07) is 6.01. The average Bonchev–Trinajstić information content (AvgIpc) is 2.15. The average molecular weight is 203 g/mol. The number of nitrogens with zero attached hydrogens (tertiary/aromatic N) is 1. The van der Waals surface area contributed by atoms with Gasteiger partial charge in [-0.2, -0.15) is 0 Å². The molecule has 80 valence electrons. The first-order chi connectivity index (χ1) is 7.02. The summed E-state index contributed by atoms with van der Waals surface area (Å²) < 4.78 is 0. The van der Waals surface area contributed by atoms with Crippen molar-refractivity contribution in [3.63, 3.8) is 0 Å². The third kappa shape index (κ3) is 3.01. The standard InChI is InChI=1S/C13H17NO/c1-9(2)14-8-12-6-5-7-13(10(12)3)11(4)15/h5-9H,1-4H3. The minimum Gasteiger partial charge on any atom is -0.295 e. The number of ketones is 1. The van der Waals surface area contributed by atoms with Crippen LogP contribution < -0.4 is 0 Å². The molecule has 0 aliphatic heterocycles. The van der Waals surface area contributed by atoms with Gasteiger partial charge in [0.1, 0.15) is 0 Å². The first-order valence-electron chi connectivity index (χ1n) is 5.16. The maximum Gasteiger partial charge on any atom is 0.160 e. The second-order valence-corrected chi connectivity index (χ2v) is 3.95.